The maximum absolute atomic E-state index is 13.1. The van der Waals surface area contributed by atoms with E-state index in [-0.39, 0.29) is 16.7 Å². The van der Waals surface area contributed by atoms with Gasteiger partial charge in [0, 0.05) is 30.4 Å². The highest BCUT2D eigenvalue weighted by molar-refractivity contribution is 7.89. The van der Waals surface area contributed by atoms with Crippen LogP contribution in [-0.4, -0.2) is 44.1 Å². The van der Waals surface area contributed by atoms with Gasteiger partial charge in [0.2, 0.25) is 15.9 Å². The summed E-state index contributed by atoms with van der Waals surface area (Å²) in [5.41, 5.74) is 7.83. The number of primary amides is 1. The second-order valence-electron chi connectivity index (χ2n) is 8.36. The summed E-state index contributed by atoms with van der Waals surface area (Å²) in [5.74, 6) is -0.845. The summed E-state index contributed by atoms with van der Waals surface area (Å²) in [6.45, 7) is 0.607. The molecule has 0 aromatic heterocycles. The Balaban J connectivity index is 1.36. The zero-order valence-corrected chi connectivity index (χ0v) is 19.9. The van der Waals surface area contributed by atoms with E-state index in [4.69, 9.17) is 5.73 Å². The molecule has 1 heterocycles. The fourth-order valence-corrected chi connectivity index (χ4v) is 5.52. The number of nitrogens with two attached hydrogens (primary N) is 1. The first kappa shape index (κ1) is 25.5. The van der Waals surface area contributed by atoms with Crippen molar-refractivity contribution in [3.63, 3.8) is 0 Å². The van der Waals surface area contributed by atoms with Gasteiger partial charge in [0.05, 0.1) is 4.90 Å². The van der Waals surface area contributed by atoms with E-state index in [1.54, 1.807) is 30.3 Å². The first-order valence-electron chi connectivity index (χ1n) is 11.1. The van der Waals surface area contributed by atoms with Gasteiger partial charge < -0.3 is 15.8 Å². The van der Waals surface area contributed by atoms with Crippen molar-refractivity contribution < 1.29 is 31.1 Å². The van der Waals surface area contributed by atoms with Crippen LogP contribution in [0.15, 0.2) is 77.7 Å². The number of benzene rings is 3. The molecule has 11 heteroatoms. The van der Waals surface area contributed by atoms with Gasteiger partial charge in [-0.1, -0.05) is 24.3 Å². The second kappa shape index (κ2) is 10.2. The van der Waals surface area contributed by atoms with Gasteiger partial charge >= 0.3 is 6.36 Å². The predicted molar refractivity (Wildman–Crippen MR) is 129 cm³/mol. The van der Waals surface area contributed by atoms with Crippen LogP contribution in [0.1, 0.15) is 23.2 Å². The minimum atomic E-state index is -4.75. The third-order valence-corrected chi connectivity index (χ3v) is 7.80. The first-order valence-corrected chi connectivity index (χ1v) is 12.6. The summed E-state index contributed by atoms with van der Waals surface area (Å²) < 4.78 is 68.5. The number of piperidine rings is 1. The lowest BCUT2D eigenvalue weighted by molar-refractivity contribution is -0.274. The summed E-state index contributed by atoms with van der Waals surface area (Å²) in [6.07, 6.45) is -3.67. The van der Waals surface area contributed by atoms with E-state index in [1.165, 1.54) is 40.7 Å². The van der Waals surface area contributed by atoms with Crippen molar-refractivity contribution in [1.29, 1.82) is 0 Å². The molecular weight excluding hydrogens is 495 g/mol. The third kappa shape index (κ3) is 6.16. The molecule has 1 fully saturated rings. The standard InChI is InChI=1S/C25H24F3N3O4S/c26-25(27,28)35-22-8-6-20(7-9-22)30-21-12-14-31(15-13-21)36(33,34)23-10-4-17(5-11-23)18-2-1-3-19(16-18)24(29)32/h1-11,16,21,30H,12-15H2,(H2,29,32). The van der Waals surface area contributed by atoms with Crippen molar-refractivity contribution in [2.24, 2.45) is 5.73 Å². The number of hydrogen-bond donors (Lipinski definition) is 2. The van der Waals surface area contributed by atoms with Gasteiger partial charge in [0.15, 0.2) is 0 Å². The Morgan fingerprint density at radius 2 is 1.58 bits per heavy atom. The molecule has 0 radical (unpaired) electrons. The number of nitrogens with zero attached hydrogens (tertiary/aromatic N) is 1. The van der Waals surface area contributed by atoms with Crippen molar-refractivity contribution in [3.05, 3.63) is 78.4 Å². The Bertz CT molecular complexity index is 1320. The van der Waals surface area contributed by atoms with E-state index in [0.29, 0.717) is 37.2 Å². The SMILES string of the molecule is NC(=O)c1cccc(-c2ccc(S(=O)(=O)N3CCC(Nc4ccc(OC(F)(F)F)cc4)CC3)cc2)c1. The smallest absolute Gasteiger partial charge is 0.406 e. The van der Waals surface area contributed by atoms with Gasteiger partial charge in [0.25, 0.3) is 0 Å². The minimum Gasteiger partial charge on any atom is -0.406 e. The van der Waals surface area contributed by atoms with Crippen molar-refractivity contribution in [2.75, 3.05) is 18.4 Å². The molecule has 1 aliphatic rings. The quantitative estimate of drug-likeness (QED) is 0.475. The highest BCUT2D eigenvalue weighted by atomic mass is 32.2. The number of hydrogen-bond acceptors (Lipinski definition) is 5. The van der Waals surface area contributed by atoms with Crippen LogP contribution in [0.3, 0.4) is 0 Å². The number of anilines is 1. The Hall–Kier alpha value is -3.57. The molecule has 0 bridgehead atoms. The maximum Gasteiger partial charge on any atom is 0.573 e. The van der Waals surface area contributed by atoms with Crippen LogP contribution < -0.4 is 15.8 Å². The van der Waals surface area contributed by atoms with E-state index in [2.05, 4.69) is 10.1 Å². The summed E-state index contributed by atoms with van der Waals surface area (Å²) in [5, 5.41) is 3.23. The number of ether oxygens (including phenoxy) is 1. The Kier molecular flexibility index (Phi) is 7.23. The average Bonchev–Trinajstić information content (AvgIpc) is 2.85. The maximum atomic E-state index is 13.1. The lowest BCUT2D eigenvalue weighted by Crippen LogP contribution is -2.42. The third-order valence-electron chi connectivity index (χ3n) is 5.89. The van der Waals surface area contributed by atoms with Gasteiger partial charge in [-0.25, -0.2) is 8.42 Å². The molecule has 1 amide bonds. The number of sulfonamides is 1. The summed E-state index contributed by atoms with van der Waals surface area (Å²) in [4.78, 5) is 11.6. The van der Waals surface area contributed by atoms with E-state index in [0.717, 1.165) is 11.1 Å². The van der Waals surface area contributed by atoms with Crippen LogP contribution >= 0.6 is 0 Å². The molecule has 3 aromatic rings. The van der Waals surface area contributed by atoms with E-state index < -0.39 is 22.3 Å². The zero-order valence-electron chi connectivity index (χ0n) is 19.0. The molecule has 1 aliphatic heterocycles. The lowest BCUT2D eigenvalue weighted by Gasteiger charge is -2.32. The van der Waals surface area contributed by atoms with E-state index in [9.17, 15) is 26.4 Å². The predicted octanol–water partition coefficient (Wildman–Crippen LogP) is 4.62. The van der Waals surface area contributed by atoms with Gasteiger partial charge in [0.1, 0.15) is 5.75 Å². The van der Waals surface area contributed by atoms with Crippen molar-refractivity contribution in [1.82, 2.24) is 4.31 Å². The van der Waals surface area contributed by atoms with Gasteiger partial charge in [-0.05, 0) is 72.5 Å². The molecular formula is C25H24F3N3O4S. The Labute approximate surface area is 206 Å². The molecule has 190 valence electrons. The fraction of sp³-hybridized carbons (Fsp3) is 0.240. The number of carbonyl (C=O) groups is 1. The molecule has 0 aliphatic carbocycles. The highest BCUT2D eigenvalue weighted by Crippen LogP contribution is 2.28. The summed E-state index contributed by atoms with van der Waals surface area (Å²) in [6, 6.07) is 18.6. The number of nitrogens with one attached hydrogen (secondary N) is 1. The number of alkyl halides is 3. The molecule has 3 N–H and O–H groups in total. The normalized spacial score (nSPS) is 15.4. The van der Waals surface area contributed by atoms with Gasteiger partial charge in [-0.15, -0.1) is 13.2 Å². The van der Waals surface area contributed by atoms with Crippen LogP contribution in [0.5, 0.6) is 5.75 Å². The van der Waals surface area contributed by atoms with Crippen molar-refractivity contribution >= 4 is 21.6 Å². The summed E-state index contributed by atoms with van der Waals surface area (Å²) in [7, 11) is -3.69. The zero-order chi connectivity index (χ0) is 25.9. The number of halogens is 3. The van der Waals surface area contributed by atoms with Crippen LogP contribution in [0, 0.1) is 0 Å². The van der Waals surface area contributed by atoms with Gasteiger partial charge in [-0.3, -0.25) is 4.79 Å². The van der Waals surface area contributed by atoms with E-state index in [1.807, 2.05) is 6.07 Å². The number of amides is 1. The van der Waals surface area contributed by atoms with Crippen LogP contribution in [0.4, 0.5) is 18.9 Å². The summed E-state index contributed by atoms with van der Waals surface area (Å²) >= 11 is 0. The largest absolute Gasteiger partial charge is 0.573 e. The highest BCUT2D eigenvalue weighted by Gasteiger charge is 2.31. The number of carbonyl (C=O) groups excluding carboxylic acids is 1. The van der Waals surface area contributed by atoms with Crippen LogP contribution in [0.25, 0.3) is 11.1 Å². The molecule has 4 rings (SSSR count). The van der Waals surface area contributed by atoms with Crippen LogP contribution in [0.2, 0.25) is 0 Å². The first-order chi connectivity index (χ1) is 17.0. The molecule has 0 saturated carbocycles. The second-order valence-corrected chi connectivity index (χ2v) is 10.3. The topological polar surface area (TPSA) is 102 Å². The van der Waals surface area contributed by atoms with Crippen molar-refractivity contribution in [2.45, 2.75) is 30.1 Å². The molecule has 1 saturated heterocycles. The van der Waals surface area contributed by atoms with Crippen molar-refractivity contribution in [3.8, 4) is 16.9 Å². The molecule has 0 atom stereocenters. The molecule has 3 aromatic carbocycles. The minimum absolute atomic E-state index is 0.0225. The average molecular weight is 520 g/mol. The Morgan fingerprint density at radius 3 is 2.17 bits per heavy atom. The van der Waals surface area contributed by atoms with Gasteiger partial charge in [-0.2, -0.15) is 4.31 Å². The van der Waals surface area contributed by atoms with E-state index >= 15 is 0 Å². The fourth-order valence-electron chi connectivity index (χ4n) is 4.05. The molecule has 0 unspecified atom stereocenters. The van der Waals surface area contributed by atoms with Crippen LogP contribution in [-0.2, 0) is 10.0 Å². The Morgan fingerprint density at radius 1 is 0.944 bits per heavy atom. The molecule has 7 nitrogen and oxygen atoms in total. The lowest BCUT2D eigenvalue weighted by atomic mass is 10.0. The monoisotopic (exact) mass is 519 g/mol. The number of rotatable bonds is 7. The molecule has 0 spiro atoms. The molecule has 36 heavy (non-hydrogen) atoms.